The summed E-state index contributed by atoms with van der Waals surface area (Å²) < 4.78 is 19.9. The molecule has 0 aliphatic heterocycles. The van der Waals surface area contributed by atoms with Gasteiger partial charge >= 0.3 is 5.95 Å². The molecular formula is C24H34N5O5+. The summed E-state index contributed by atoms with van der Waals surface area (Å²) >= 11 is 0. The van der Waals surface area contributed by atoms with Crippen LogP contribution < -0.4 is 24.6 Å². The van der Waals surface area contributed by atoms with Crippen molar-refractivity contribution in [2.24, 2.45) is 0 Å². The minimum Gasteiger partial charge on any atom is -0.493 e. The normalized spacial score (nSPS) is 11.6. The lowest BCUT2D eigenvalue weighted by Crippen LogP contribution is -2.42. The molecule has 10 nitrogen and oxygen atoms in total. The Hall–Kier alpha value is -3.40. The molecule has 0 bridgehead atoms. The van der Waals surface area contributed by atoms with E-state index >= 15 is 0 Å². The molecule has 0 atom stereocenters. The average Bonchev–Trinajstić information content (AvgIpc) is 3.09. The van der Waals surface area contributed by atoms with Gasteiger partial charge in [-0.1, -0.05) is 35.5 Å². The number of benzene rings is 1. The summed E-state index contributed by atoms with van der Waals surface area (Å²) in [6, 6.07) is 5.27. The molecule has 0 fully saturated rings. The summed E-state index contributed by atoms with van der Waals surface area (Å²) in [6.07, 6.45) is 0.468. The zero-order valence-corrected chi connectivity index (χ0v) is 20.7. The maximum absolute atomic E-state index is 13.4. The Morgan fingerprint density at radius 1 is 1.24 bits per heavy atom. The number of anilines is 1. The fraction of sp³-hybridized carbons (Fsp3) is 0.500. The van der Waals surface area contributed by atoms with E-state index < -0.39 is 0 Å². The van der Waals surface area contributed by atoms with Crippen LogP contribution in [-0.4, -0.2) is 52.5 Å². The number of hydrogen-bond donors (Lipinski definition) is 2. The van der Waals surface area contributed by atoms with Crippen LogP contribution in [0.15, 0.2) is 18.2 Å². The molecule has 0 amide bonds. The number of Topliss-reactive ketones (excluding diaryl/α,β-unsaturated/α-hetero) is 1. The van der Waals surface area contributed by atoms with Crippen molar-refractivity contribution in [3.05, 3.63) is 34.9 Å². The van der Waals surface area contributed by atoms with Crippen molar-refractivity contribution in [2.75, 3.05) is 32.7 Å². The van der Waals surface area contributed by atoms with Gasteiger partial charge in [0.15, 0.2) is 23.8 Å². The second kappa shape index (κ2) is 10.3. The number of fused-ring (bicyclic) bond motifs is 1. The Kier molecular flexibility index (Phi) is 7.61. The van der Waals surface area contributed by atoms with E-state index in [1.807, 2.05) is 40.7 Å². The first-order valence-corrected chi connectivity index (χ1v) is 11.3. The summed E-state index contributed by atoms with van der Waals surface area (Å²) in [7, 11) is 1.57. The Balaban J connectivity index is 2.01. The van der Waals surface area contributed by atoms with Gasteiger partial charge in [-0.3, -0.25) is 10.5 Å². The molecule has 0 saturated heterocycles. The number of nitrogens with zero attached hydrogens (tertiary/aromatic N) is 4. The number of aryl methyl sites for hydroxylation is 1. The van der Waals surface area contributed by atoms with Crippen molar-refractivity contribution in [3.63, 3.8) is 0 Å². The second-order valence-corrected chi connectivity index (χ2v) is 9.00. The van der Waals surface area contributed by atoms with Crippen molar-refractivity contribution >= 4 is 17.4 Å². The first-order valence-electron chi connectivity index (χ1n) is 11.3. The van der Waals surface area contributed by atoms with Gasteiger partial charge in [0.25, 0.3) is 5.65 Å². The standard InChI is InChI=1S/C24H33N5O5/c1-7-33-20-11-15(2)22-27-28(23(25)29(22)26-20)14-18(31)16-12-17(24(3,4)5)21(32-6)19(13-16)34-10-8-9-30/h11-13,25,30H,7-10,14H2,1-6H3/p+1. The van der Waals surface area contributed by atoms with Crippen molar-refractivity contribution in [1.29, 1.82) is 0 Å². The van der Waals surface area contributed by atoms with E-state index in [2.05, 4.69) is 10.2 Å². The Morgan fingerprint density at radius 2 is 1.97 bits per heavy atom. The summed E-state index contributed by atoms with van der Waals surface area (Å²) in [5, 5.41) is 18.0. The van der Waals surface area contributed by atoms with Crippen molar-refractivity contribution in [3.8, 4) is 17.4 Å². The Bertz CT molecular complexity index is 1180. The van der Waals surface area contributed by atoms with E-state index in [0.717, 1.165) is 11.1 Å². The molecule has 1 aromatic carbocycles. The first kappa shape index (κ1) is 25.2. The molecule has 0 radical (unpaired) electrons. The van der Waals surface area contributed by atoms with Gasteiger partial charge in [-0.25, -0.2) is 0 Å². The molecule has 3 rings (SSSR count). The highest BCUT2D eigenvalue weighted by Crippen LogP contribution is 2.40. The van der Waals surface area contributed by atoms with Gasteiger partial charge in [-0.2, -0.15) is 0 Å². The highest BCUT2D eigenvalue weighted by Gasteiger charge is 2.27. The second-order valence-electron chi connectivity index (χ2n) is 9.00. The number of aliphatic hydroxyl groups excluding tert-OH is 1. The number of nitrogen functional groups attached to an aromatic ring is 1. The van der Waals surface area contributed by atoms with Gasteiger partial charge in [0.1, 0.15) is 0 Å². The quantitative estimate of drug-likeness (QED) is 0.261. The van der Waals surface area contributed by atoms with Crippen LogP contribution in [0.3, 0.4) is 0 Å². The van der Waals surface area contributed by atoms with E-state index in [1.165, 1.54) is 9.20 Å². The summed E-state index contributed by atoms with van der Waals surface area (Å²) in [4.78, 5) is 13.4. The van der Waals surface area contributed by atoms with Gasteiger partial charge in [0.05, 0.1) is 20.3 Å². The third-order valence-electron chi connectivity index (χ3n) is 5.32. The number of aliphatic hydroxyl groups is 1. The van der Waals surface area contributed by atoms with Crippen molar-refractivity contribution < 1.29 is 28.8 Å². The number of aromatic nitrogens is 4. The topological polar surface area (TPSA) is 125 Å². The molecule has 0 saturated carbocycles. The number of ketones is 1. The highest BCUT2D eigenvalue weighted by molar-refractivity contribution is 5.96. The van der Waals surface area contributed by atoms with Crippen LogP contribution >= 0.6 is 0 Å². The molecular weight excluding hydrogens is 438 g/mol. The number of nitrogens with two attached hydrogens (primary N) is 1. The predicted molar refractivity (Wildman–Crippen MR) is 127 cm³/mol. The van der Waals surface area contributed by atoms with Crippen LogP contribution in [0.5, 0.6) is 17.4 Å². The number of methoxy groups -OCH3 is 1. The van der Waals surface area contributed by atoms with E-state index in [1.54, 1.807) is 19.2 Å². The van der Waals surface area contributed by atoms with Crippen LogP contribution in [-0.2, 0) is 12.0 Å². The Labute approximate surface area is 199 Å². The summed E-state index contributed by atoms with van der Waals surface area (Å²) in [6.45, 7) is 10.6. The van der Waals surface area contributed by atoms with Gasteiger partial charge in [0, 0.05) is 35.8 Å². The van der Waals surface area contributed by atoms with E-state index in [-0.39, 0.29) is 30.3 Å². The van der Waals surface area contributed by atoms with Crippen LogP contribution in [0.25, 0.3) is 5.65 Å². The highest BCUT2D eigenvalue weighted by atomic mass is 16.5. The maximum atomic E-state index is 13.4. The lowest BCUT2D eigenvalue weighted by Gasteiger charge is -2.25. The molecule has 2 heterocycles. The number of rotatable bonds is 10. The van der Waals surface area contributed by atoms with Gasteiger partial charge in [0.2, 0.25) is 5.88 Å². The van der Waals surface area contributed by atoms with Gasteiger partial charge in [-0.05, 0) is 31.4 Å². The first-order chi connectivity index (χ1) is 16.1. The molecule has 3 N–H and O–H groups in total. The smallest absolute Gasteiger partial charge is 0.401 e. The molecule has 0 unspecified atom stereocenters. The number of carbonyl (C=O) groups is 1. The fourth-order valence-corrected chi connectivity index (χ4v) is 3.59. The lowest BCUT2D eigenvalue weighted by atomic mass is 9.84. The minimum atomic E-state index is -0.303. The van der Waals surface area contributed by atoms with E-state index in [0.29, 0.717) is 48.2 Å². The maximum Gasteiger partial charge on any atom is 0.401 e. The molecule has 34 heavy (non-hydrogen) atoms. The fourth-order valence-electron chi connectivity index (χ4n) is 3.59. The third kappa shape index (κ3) is 5.22. The van der Waals surface area contributed by atoms with Crippen LogP contribution in [0.1, 0.15) is 55.6 Å². The predicted octanol–water partition coefficient (Wildman–Crippen LogP) is 2.26. The minimum absolute atomic E-state index is 0.00925. The largest absolute Gasteiger partial charge is 0.493 e. The number of hydrogen-bond acceptors (Lipinski definition) is 8. The molecule has 0 aliphatic rings. The van der Waals surface area contributed by atoms with Crippen LogP contribution in [0, 0.1) is 6.92 Å². The Morgan fingerprint density at radius 3 is 2.59 bits per heavy atom. The zero-order chi connectivity index (χ0) is 25.0. The van der Waals surface area contributed by atoms with E-state index in [9.17, 15) is 4.79 Å². The molecule has 10 heteroatoms. The van der Waals surface area contributed by atoms with Crippen molar-refractivity contribution in [2.45, 2.75) is 53.0 Å². The molecule has 2 aromatic heterocycles. The third-order valence-corrected chi connectivity index (χ3v) is 5.32. The SMILES string of the molecule is CCOc1cc(C)c2n[n+](CC(=O)c3cc(OCCCO)c(OC)c(C(C)(C)C)c3)c(N)n2n1. The van der Waals surface area contributed by atoms with Crippen molar-refractivity contribution in [1.82, 2.24) is 14.7 Å². The van der Waals surface area contributed by atoms with Crippen LogP contribution in [0.2, 0.25) is 0 Å². The monoisotopic (exact) mass is 472 g/mol. The zero-order valence-electron chi connectivity index (χ0n) is 20.7. The van der Waals surface area contributed by atoms with Crippen LogP contribution in [0.4, 0.5) is 5.95 Å². The van der Waals surface area contributed by atoms with Gasteiger partial charge < -0.3 is 19.3 Å². The number of carbonyl (C=O) groups excluding carboxylic acids is 1. The summed E-state index contributed by atoms with van der Waals surface area (Å²) in [5.74, 6) is 1.49. The molecule has 184 valence electrons. The molecule has 0 spiro atoms. The molecule has 3 aromatic rings. The molecule has 0 aliphatic carbocycles. The van der Waals surface area contributed by atoms with Gasteiger partial charge in [-0.15, -0.1) is 4.68 Å². The lowest BCUT2D eigenvalue weighted by molar-refractivity contribution is -0.723. The van der Waals surface area contributed by atoms with E-state index in [4.69, 9.17) is 25.1 Å². The average molecular weight is 473 g/mol. The summed E-state index contributed by atoms with van der Waals surface area (Å²) in [5.41, 5.74) is 8.65. The number of ether oxygens (including phenoxy) is 3.